The Morgan fingerprint density at radius 1 is 0.880 bits per heavy atom. The summed E-state index contributed by atoms with van der Waals surface area (Å²) in [5, 5.41) is 5.78. The maximum atomic E-state index is 12.7. The summed E-state index contributed by atoms with van der Waals surface area (Å²) in [7, 11) is 0. The van der Waals surface area contributed by atoms with Crippen LogP contribution in [0.25, 0.3) is 0 Å². The molecular formula is C21H26N2O2. The normalized spacial score (nSPS) is 10.4. The highest BCUT2D eigenvalue weighted by Gasteiger charge is 2.15. The molecule has 0 spiro atoms. The molecule has 4 heteroatoms. The maximum Gasteiger partial charge on any atom is 0.255 e. The van der Waals surface area contributed by atoms with E-state index in [2.05, 4.69) is 17.6 Å². The molecule has 0 atom stereocenters. The van der Waals surface area contributed by atoms with E-state index in [1.54, 1.807) is 18.2 Å². The summed E-state index contributed by atoms with van der Waals surface area (Å²) in [6, 6.07) is 11.0. The Kier molecular flexibility index (Phi) is 6.34. The van der Waals surface area contributed by atoms with Crippen LogP contribution in [0, 0.1) is 20.8 Å². The van der Waals surface area contributed by atoms with Gasteiger partial charge in [-0.05, 0) is 62.1 Å². The van der Waals surface area contributed by atoms with Crippen molar-refractivity contribution < 1.29 is 9.59 Å². The zero-order valence-corrected chi connectivity index (χ0v) is 15.4. The molecule has 2 rings (SSSR count). The van der Waals surface area contributed by atoms with E-state index in [1.165, 1.54) is 0 Å². The van der Waals surface area contributed by atoms with Crippen LogP contribution in [0.3, 0.4) is 0 Å². The molecule has 2 aromatic rings. The first kappa shape index (κ1) is 18.7. The van der Waals surface area contributed by atoms with Gasteiger partial charge in [-0.2, -0.15) is 0 Å². The van der Waals surface area contributed by atoms with Crippen LogP contribution in [0.5, 0.6) is 0 Å². The lowest BCUT2D eigenvalue weighted by Crippen LogP contribution is -2.26. The van der Waals surface area contributed by atoms with Gasteiger partial charge in [0, 0.05) is 12.1 Å². The van der Waals surface area contributed by atoms with Crippen molar-refractivity contribution in [1.82, 2.24) is 5.32 Å². The number of hydrogen-bond donors (Lipinski definition) is 2. The van der Waals surface area contributed by atoms with Crippen molar-refractivity contribution >= 4 is 17.5 Å². The van der Waals surface area contributed by atoms with Crippen LogP contribution < -0.4 is 10.6 Å². The highest BCUT2D eigenvalue weighted by atomic mass is 16.2. The van der Waals surface area contributed by atoms with Crippen molar-refractivity contribution in [2.24, 2.45) is 0 Å². The lowest BCUT2D eigenvalue weighted by atomic mass is 10.00. The van der Waals surface area contributed by atoms with Crippen molar-refractivity contribution in [3.8, 4) is 0 Å². The molecule has 4 nitrogen and oxygen atoms in total. The lowest BCUT2D eigenvalue weighted by Gasteiger charge is -2.13. The minimum atomic E-state index is -0.200. The summed E-state index contributed by atoms with van der Waals surface area (Å²) < 4.78 is 0. The van der Waals surface area contributed by atoms with E-state index in [-0.39, 0.29) is 11.8 Å². The van der Waals surface area contributed by atoms with E-state index >= 15 is 0 Å². The third kappa shape index (κ3) is 4.69. The molecule has 0 aromatic heterocycles. The third-order valence-corrected chi connectivity index (χ3v) is 4.32. The van der Waals surface area contributed by atoms with E-state index < -0.39 is 0 Å². The molecule has 2 amide bonds. The van der Waals surface area contributed by atoms with Gasteiger partial charge < -0.3 is 10.6 Å². The summed E-state index contributed by atoms with van der Waals surface area (Å²) in [4.78, 5) is 25.1. The van der Waals surface area contributed by atoms with Gasteiger partial charge in [0.15, 0.2) is 0 Å². The van der Waals surface area contributed by atoms with Gasteiger partial charge in [0.1, 0.15) is 0 Å². The SMILES string of the molecule is CCCCNC(=O)c1ccccc1NC(=O)c1cc(C)c(C)cc1C. The number of nitrogens with one attached hydrogen (secondary N) is 2. The van der Waals surface area contributed by atoms with Crippen LogP contribution in [0.15, 0.2) is 36.4 Å². The fourth-order valence-electron chi connectivity index (χ4n) is 2.66. The van der Waals surface area contributed by atoms with Gasteiger partial charge >= 0.3 is 0 Å². The molecule has 0 saturated heterocycles. The van der Waals surface area contributed by atoms with E-state index in [0.29, 0.717) is 23.4 Å². The maximum absolute atomic E-state index is 12.7. The second-order valence-electron chi connectivity index (χ2n) is 6.36. The fourth-order valence-corrected chi connectivity index (χ4v) is 2.66. The summed E-state index contributed by atoms with van der Waals surface area (Å²) in [6.07, 6.45) is 1.95. The molecule has 132 valence electrons. The number of rotatable bonds is 6. The van der Waals surface area contributed by atoms with Crippen molar-refractivity contribution in [2.45, 2.75) is 40.5 Å². The predicted molar refractivity (Wildman–Crippen MR) is 102 cm³/mol. The molecule has 0 unspecified atom stereocenters. The summed E-state index contributed by atoms with van der Waals surface area (Å²) >= 11 is 0. The Labute approximate surface area is 149 Å². The number of benzene rings is 2. The van der Waals surface area contributed by atoms with Gasteiger partial charge in [0.25, 0.3) is 11.8 Å². The zero-order valence-electron chi connectivity index (χ0n) is 15.4. The zero-order chi connectivity index (χ0) is 18.4. The second kappa shape index (κ2) is 8.47. The van der Waals surface area contributed by atoms with Gasteiger partial charge in [-0.25, -0.2) is 0 Å². The van der Waals surface area contributed by atoms with Gasteiger partial charge in [0.2, 0.25) is 0 Å². The minimum absolute atomic E-state index is 0.166. The van der Waals surface area contributed by atoms with Crippen molar-refractivity contribution in [2.75, 3.05) is 11.9 Å². The van der Waals surface area contributed by atoms with Gasteiger partial charge in [0.05, 0.1) is 11.3 Å². The standard InChI is InChI=1S/C21H26N2O2/c1-5-6-11-22-20(24)17-9-7-8-10-19(17)23-21(25)18-13-15(3)14(2)12-16(18)4/h7-10,12-13H,5-6,11H2,1-4H3,(H,22,24)(H,23,25). The summed E-state index contributed by atoms with van der Waals surface area (Å²) in [5.41, 5.74) is 4.79. The number of carbonyl (C=O) groups excluding carboxylic acids is 2. The van der Waals surface area contributed by atoms with Crippen LogP contribution >= 0.6 is 0 Å². The van der Waals surface area contributed by atoms with Crippen LogP contribution in [0.4, 0.5) is 5.69 Å². The molecule has 0 heterocycles. The second-order valence-corrected chi connectivity index (χ2v) is 6.36. The number of amides is 2. The minimum Gasteiger partial charge on any atom is -0.352 e. The van der Waals surface area contributed by atoms with Gasteiger partial charge in [-0.15, -0.1) is 0 Å². The third-order valence-electron chi connectivity index (χ3n) is 4.32. The smallest absolute Gasteiger partial charge is 0.255 e. The first-order valence-corrected chi connectivity index (χ1v) is 8.70. The molecule has 0 aliphatic carbocycles. The summed E-state index contributed by atoms with van der Waals surface area (Å²) in [6.45, 7) is 8.64. The first-order valence-electron chi connectivity index (χ1n) is 8.70. The molecule has 2 N–H and O–H groups in total. The highest BCUT2D eigenvalue weighted by molar-refractivity contribution is 6.09. The van der Waals surface area contributed by atoms with E-state index in [4.69, 9.17) is 0 Å². The lowest BCUT2D eigenvalue weighted by molar-refractivity contribution is 0.0954. The molecule has 0 saturated carbocycles. The summed E-state index contributed by atoms with van der Waals surface area (Å²) in [5.74, 6) is -0.365. The Bertz CT molecular complexity index is 781. The molecule has 25 heavy (non-hydrogen) atoms. The fraction of sp³-hybridized carbons (Fsp3) is 0.333. The number of unbranched alkanes of at least 4 members (excludes halogenated alkanes) is 1. The number of para-hydroxylation sites is 1. The molecule has 2 aromatic carbocycles. The predicted octanol–water partition coefficient (Wildman–Crippen LogP) is 4.39. The van der Waals surface area contributed by atoms with Gasteiger partial charge in [-0.1, -0.05) is 31.5 Å². The number of anilines is 1. The van der Waals surface area contributed by atoms with Crippen LogP contribution in [-0.2, 0) is 0 Å². The Hall–Kier alpha value is -2.62. The molecule has 0 fully saturated rings. The highest BCUT2D eigenvalue weighted by Crippen LogP contribution is 2.20. The van der Waals surface area contributed by atoms with Crippen LogP contribution in [-0.4, -0.2) is 18.4 Å². The van der Waals surface area contributed by atoms with E-state index in [9.17, 15) is 9.59 Å². The topological polar surface area (TPSA) is 58.2 Å². The van der Waals surface area contributed by atoms with Crippen LogP contribution in [0.1, 0.15) is 57.2 Å². The first-order chi connectivity index (χ1) is 11.9. The van der Waals surface area contributed by atoms with E-state index in [0.717, 1.165) is 29.5 Å². The molecule has 0 bridgehead atoms. The van der Waals surface area contributed by atoms with Crippen LogP contribution in [0.2, 0.25) is 0 Å². The van der Waals surface area contributed by atoms with Crippen molar-refractivity contribution in [1.29, 1.82) is 0 Å². The monoisotopic (exact) mass is 338 g/mol. The Morgan fingerprint density at radius 3 is 2.28 bits per heavy atom. The average molecular weight is 338 g/mol. The molecule has 0 radical (unpaired) electrons. The number of carbonyl (C=O) groups is 2. The van der Waals surface area contributed by atoms with Crippen molar-refractivity contribution in [3.63, 3.8) is 0 Å². The van der Waals surface area contributed by atoms with Gasteiger partial charge in [-0.3, -0.25) is 9.59 Å². The average Bonchev–Trinajstić information content (AvgIpc) is 2.58. The Morgan fingerprint density at radius 2 is 1.56 bits per heavy atom. The molecular weight excluding hydrogens is 312 g/mol. The van der Waals surface area contributed by atoms with E-state index in [1.807, 2.05) is 39.0 Å². The quantitative estimate of drug-likeness (QED) is 0.767. The Balaban J connectivity index is 2.22. The molecule has 0 aliphatic heterocycles. The number of hydrogen-bond acceptors (Lipinski definition) is 2. The van der Waals surface area contributed by atoms with Crippen molar-refractivity contribution in [3.05, 3.63) is 64.2 Å². The largest absolute Gasteiger partial charge is 0.352 e. The number of aryl methyl sites for hydroxylation is 3. The molecule has 0 aliphatic rings.